The third-order valence-corrected chi connectivity index (χ3v) is 6.05. The number of amides is 2. The summed E-state index contributed by atoms with van der Waals surface area (Å²) < 4.78 is 0. The second kappa shape index (κ2) is 9.17. The third kappa shape index (κ3) is 5.73. The van der Waals surface area contributed by atoms with E-state index >= 15 is 0 Å². The maximum absolute atomic E-state index is 12.9. The Bertz CT molecular complexity index is 748. The van der Waals surface area contributed by atoms with Crippen LogP contribution < -0.4 is 5.32 Å². The zero-order valence-corrected chi connectivity index (χ0v) is 17.8. The summed E-state index contributed by atoms with van der Waals surface area (Å²) in [5.74, 6) is 0.624. The molecule has 0 radical (unpaired) electrons. The fraction of sp³-hybridized carbons (Fsp3) is 0.714. The summed E-state index contributed by atoms with van der Waals surface area (Å²) >= 11 is 0. The van der Waals surface area contributed by atoms with E-state index in [4.69, 9.17) is 0 Å². The molecule has 8 nitrogen and oxygen atoms in total. The minimum Gasteiger partial charge on any atom is -0.388 e. The van der Waals surface area contributed by atoms with E-state index in [0.717, 1.165) is 32.4 Å². The number of aliphatic hydroxyl groups is 1. The molecule has 0 spiro atoms. The lowest BCUT2D eigenvalue weighted by Crippen LogP contribution is -2.50. The SMILES string of the molecule is CC(=O)NC1CCN(C[C@@]2(O)CCCN(C(=O)c3cnc(C)nc3C)CC2)CC1. The summed E-state index contributed by atoms with van der Waals surface area (Å²) in [6, 6.07) is 0.237. The van der Waals surface area contributed by atoms with Gasteiger partial charge in [0, 0.05) is 51.9 Å². The molecule has 0 aromatic carbocycles. The molecule has 2 amide bonds. The Morgan fingerprint density at radius 2 is 1.93 bits per heavy atom. The van der Waals surface area contributed by atoms with Crippen molar-refractivity contribution in [3.05, 3.63) is 23.3 Å². The highest BCUT2D eigenvalue weighted by Crippen LogP contribution is 2.26. The first-order chi connectivity index (χ1) is 13.8. The van der Waals surface area contributed by atoms with Crippen molar-refractivity contribution in [3.63, 3.8) is 0 Å². The molecule has 2 N–H and O–H groups in total. The van der Waals surface area contributed by atoms with Crippen molar-refractivity contribution in [2.24, 2.45) is 0 Å². The van der Waals surface area contributed by atoms with E-state index in [1.807, 2.05) is 18.7 Å². The lowest BCUT2D eigenvalue weighted by molar-refractivity contribution is -0.120. The maximum atomic E-state index is 12.9. The first-order valence-corrected chi connectivity index (χ1v) is 10.6. The number of hydrogen-bond donors (Lipinski definition) is 2. The van der Waals surface area contributed by atoms with Crippen molar-refractivity contribution in [3.8, 4) is 0 Å². The number of aryl methyl sites for hydroxylation is 2. The number of likely N-dealkylation sites (tertiary alicyclic amines) is 2. The van der Waals surface area contributed by atoms with E-state index in [1.165, 1.54) is 0 Å². The van der Waals surface area contributed by atoms with E-state index in [0.29, 0.717) is 49.6 Å². The fourth-order valence-electron chi connectivity index (χ4n) is 4.44. The fourth-order valence-corrected chi connectivity index (χ4v) is 4.44. The van der Waals surface area contributed by atoms with Crippen LogP contribution >= 0.6 is 0 Å². The first kappa shape index (κ1) is 21.6. The minimum atomic E-state index is -0.783. The van der Waals surface area contributed by atoms with E-state index in [1.54, 1.807) is 13.1 Å². The van der Waals surface area contributed by atoms with Crippen LogP contribution in [0.15, 0.2) is 6.20 Å². The molecule has 1 atom stereocenters. The Hall–Kier alpha value is -2.06. The van der Waals surface area contributed by atoms with Gasteiger partial charge in [-0.1, -0.05) is 0 Å². The van der Waals surface area contributed by atoms with Crippen LogP contribution in [0.4, 0.5) is 0 Å². The number of rotatable bonds is 4. The standard InChI is InChI=1S/C21H33N5O3/c1-15-19(13-22-16(2)23-15)20(28)26-9-4-7-21(29,8-12-26)14-25-10-5-18(6-11-25)24-17(3)27/h13,18,29H,4-12,14H2,1-3H3,(H,24,27)/t21-/m1/s1. The van der Waals surface area contributed by atoms with Gasteiger partial charge in [-0.25, -0.2) is 9.97 Å². The number of hydrogen-bond acceptors (Lipinski definition) is 6. The molecule has 2 saturated heterocycles. The number of β-amino-alcohol motifs (C(OH)–C–C–N with tert-alkyl or cyclic N) is 1. The number of piperidine rings is 1. The highest BCUT2D eigenvalue weighted by atomic mass is 16.3. The van der Waals surface area contributed by atoms with Gasteiger partial charge in [-0.3, -0.25) is 9.59 Å². The quantitative estimate of drug-likeness (QED) is 0.780. The van der Waals surface area contributed by atoms with Crippen LogP contribution in [-0.4, -0.2) is 81.1 Å². The van der Waals surface area contributed by atoms with Gasteiger partial charge in [0.15, 0.2) is 0 Å². The van der Waals surface area contributed by atoms with E-state index in [2.05, 4.69) is 20.2 Å². The molecule has 0 unspecified atom stereocenters. The molecule has 2 aliphatic heterocycles. The van der Waals surface area contributed by atoms with Crippen LogP contribution in [0, 0.1) is 13.8 Å². The summed E-state index contributed by atoms with van der Waals surface area (Å²) in [7, 11) is 0. The Labute approximate surface area is 172 Å². The average molecular weight is 404 g/mol. The van der Waals surface area contributed by atoms with Crippen LogP contribution in [0.2, 0.25) is 0 Å². The van der Waals surface area contributed by atoms with Crippen molar-refractivity contribution in [2.45, 2.75) is 64.5 Å². The second-order valence-corrected chi connectivity index (χ2v) is 8.54. The molecule has 29 heavy (non-hydrogen) atoms. The van der Waals surface area contributed by atoms with Gasteiger partial charge in [0.25, 0.3) is 5.91 Å². The predicted octanol–water partition coefficient (Wildman–Crippen LogP) is 1.05. The smallest absolute Gasteiger partial charge is 0.257 e. The van der Waals surface area contributed by atoms with Crippen LogP contribution in [0.5, 0.6) is 0 Å². The summed E-state index contributed by atoms with van der Waals surface area (Å²) in [5, 5.41) is 14.2. The van der Waals surface area contributed by atoms with Crippen LogP contribution in [0.1, 0.15) is 60.9 Å². The molecule has 0 aliphatic carbocycles. The monoisotopic (exact) mass is 403 g/mol. The molecule has 1 aromatic heterocycles. The first-order valence-electron chi connectivity index (χ1n) is 10.6. The van der Waals surface area contributed by atoms with Crippen molar-refractivity contribution < 1.29 is 14.7 Å². The van der Waals surface area contributed by atoms with Crippen molar-refractivity contribution >= 4 is 11.8 Å². The normalized spacial score (nSPS) is 24.2. The molecule has 0 bridgehead atoms. The lowest BCUT2D eigenvalue weighted by Gasteiger charge is -2.38. The molecule has 8 heteroatoms. The largest absolute Gasteiger partial charge is 0.388 e. The number of nitrogens with one attached hydrogen (secondary N) is 1. The van der Waals surface area contributed by atoms with Gasteiger partial charge in [0.1, 0.15) is 5.82 Å². The third-order valence-electron chi connectivity index (χ3n) is 6.05. The van der Waals surface area contributed by atoms with Crippen molar-refractivity contribution in [1.29, 1.82) is 0 Å². The van der Waals surface area contributed by atoms with E-state index in [9.17, 15) is 14.7 Å². The van der Waals surface area contributed by atoms with Crippen molar-refractivity contribution in [2.75, 3.05) is 32.7 Å². The molecule has 160 valence electrons. The lowest BCUT2D eigenvalue weighted by atomic mass is 9.93. The van der Waals surface area contributed by atoms with Gasteiger partial charge in [0.05, 0.1) is 16.9 Å². The highest BCUT2D eigenvalue weighted by molar-refractivity contribution is 5.94. The summed E-state index contributed by atoms with van der Waals surface area (Å²) in [6.45, 7) is 8.73. The molecule has 3 heterocycles. The number of carbonyl (C=O) groups is 2. The predicted molar refractivity (Wildman–Crippen MR) is 109 cm³/mol. The Morgan fingerprint density at radius 3 is 2.59 bits per heavy atom. The second-order valence-electron chi connectivity index (χ2n) is 8.54. The van der Waals surface area contributed by atoms with E-state index < -0.39 is 5.60 Å². The molecule has 0 saturated carbocycles. The average Bonchev–Trinajstić information content (AvgIpc) is 2.84. The van der Waals surface area contributed by atoms with E-state index in [-0.39, 0.29) is 17.9 Å². The molecule has 2 fully saturated rings. The topological polar surface area (TPSA) is 98.7 Å². The zero-order valence-electron chi connectivity index (χ0n) is 17.8. The molecule has 2 aliphatic rings. The molecule has 3 rings (SSSR count). The Balaban J connectivity index is 1.55. The van der Waals surface area contributed by atoms with Crippen molar-refractivity contribution in [1.82, 2.24) is 25.1 Å². The van der Waals surface area contributed by atoms with Crippen LogP contribution in [-0.2, 0) is 4.79 Å². The Morgan fingerprint density at radius 1 is 1.21 bits per heavy atom. The summed E-state index contributed by atoms with van der Waals surface area (Å²) in [5.41, 5.74) is 0.458. The molecule has 1 aromatic rings. The van der Waals surface area contributed by atoms with Gasteiger partial charge >= 0.3 is 0 Å². The summed E-state index contributed by atoms with van der Waals surface area (Å²) in [4.78, 5) is 36.7. The Kier molecular flexibility index (Phi) is 6.85. The van der Waals surface area contributed by atoms with Gasteiger partial charge < -0.3 is 20.2 Å². The number of nitrogens with zero attached hydrogens (tertiary/aromatic N) is 4. The number of carbonyl (C=O) groups excluding carboxylic acids is 2. The van der Waals surface area contributed by atoms with Gasteiger partial charge in [-0.05, 0) is 46.0 Å². The highest BCUT2D eigenvalue weighted by Gasteiger charge is 2.35. The van der Waals surface area contributed by atoms with Gasteiger partial charge in [0.2, 0.25) is 5.91 Å². The van der Waals surface area contributed by atoms with Crippen LogP contribution in [0.3, 0.4) is 0 Å². The number of aromatic nitrogens is 2. The van der Waals surface area contributed by atoms with Gasteiger partial charge in [-0.2, -0.15) is 0 Å². The molecular formula is C21H33N5O3. The zero-order chi connectivity index (χ0) is 21.0. The van der Waals surface area contributed by atoms with Gasteiger partial charge in [-0.15, -0.1) is 0 Å². The van der Waals surface area contributed by atoms with Crippen LogP contribution in [0.25, 0.3) is 0 Å². The molecular weight excluding hydrogens is 370 g/mol. The minimum absolute atomic E-state index is 0.0184. The summed E-state index contributed by atoms with van der Waals surface area (Å²) in [6.07, 6.45) is 5.45. The maximum Gasteiger partial charge on any atom is 0.257 e.